The van der Waals surface area contributed by atoms with Crippen LogP contribution < -0.4 is 0 Å². The quantitative estimate of drug-likeness (QED) is 0.698. The Balaban J connectivity index is 2.04. The van der Waals surface area contributed by atoms with Crippen molar-refractivity contribution in [1.29, 1.82) is 0 Å². The number of pyridine rings is 1. The van der Waals surface area contributed by atoms with Gasteiger partial charge in [0.2, 0.25) is 0 Å². The molecule has 1 aromatic carbocycles. The highest BCUT2D eigenvalue weighted by Crippen LogP contribution is 2.26. The molecular formula is C16H12BrN3S. The number of nitrogens with one attached hydrogen (secondary N) is 1. The van der Waals surface area contributed by atoms with Crippen LogP contribution in [0.2, 0.25) is 0 Å². The molecular weight excluding hydrogens is 346 g/mol. The van der Waals surface area contributed by atoms with Crippen molar-refractivity contribution < 1.29 is 0 Å². The van der Waals surface area contributed by atoms with E-state index in [1.165, 1.54) is 0 Å². The van der Waals surface area contributed by atoms with Crippen molar-refractivity contribution in [2.75, 3.05) is 0 Å². The van der Waals surface area contributed by atoms with Gasteiger partial charge in [-0.3, -0.25) is 4.98 Å². The van der Waals surface area contributed by atoms with Gasteiger partial charge >= 0.3 is 0 Å². The zero-order chi connectivity index (χ0) is 14.7. The van der Waals surface area contributed by atoms with Crippen LogP contribution in [0.4, 0.5) is 0 Å². The second-order valence-electron chi connectivity index (χ2n) is 4.58. The van der Waals surface area contributed by atoms with Crippen LogP contribution in [0, 0.1) is 4.64 Å². The Morgan fingerprint density at radius 3 is 2.62 bits per heavy atom. The lowest BCUT2D eigenvalue weighted by molar-refractivity contribution is 0.952. The second-order valence-corrected chi connectivity index (χ2v) is 5.76. The third-order valence-corrected chi connectivity index (χ3v) is 4.40. The normalized spacial score (nSPS) is 10.5. The lowest BCUT2D eigenvalue weighted by Gasteiger charge is -2.09. The van der Waals surface area contributed by atoms with Crippen molar-refractivity contribution in [2.45, 2.75) is 6.42 Å². The summed E-state index contributed by atoms with van der Waals surface area (Å²) in [5.74, 6) is 0.829. The van der Waals surface area contributed by atoms with E-state index in [1.54, 1.807) is 6.20 Å². The van der Waals surface area contributed by atoms with Crippen molar-refractivity contribution in [2.24, 2.45) is 0 Å². The predicted molar refractivity (Wildman–Crippen MR) is 89.6 cm³/mol. The van der Waals surface area contributed by atoms with Gasteiger partial charge in [0.15, 0.2) is 0 Å². The SMILES string of the molecule is S=c1nc(Cc2cccnc2)[nH]c(-c2ccccc2)c1Br. The van der Waals surface area contributed by atoms with Crippen LogP contribution in [0.1, 0.15) is 11.4 Å². The van der Waals surface area contributed by atoms with E-state index in [0.717, 1.165) is 27.1 Å². The van der Waals surface area contributed by atoms with Crippen LogP contribution in [-0.2, 0) is 6.42 Å². The fourth-order valence-electron chi connectivity index (χ4n) is 2.09. The number of aromatic amines is 1. The average molecular weight is 358 g/mol. The summed E-state index contributed by atoms with van der Waals surface area (Å²) >= 11 is 8.88. The molecule has 0 aliphatic rings. The number of aromatic nitrogens is 3. The van der Waals surface area contributed by atoms with Gasteiger partial charge in [0.25, 0.3) is 0 Å². The van der Waals surface area contributed by atoms with Crippen molar-refractivity contribution >= 4 is 28.1 Å². The van der Waals surface area contributed by atoms with Gasteiger partial charge in [-0.2, -0.15) is 0 Å². The van der Waals surface area contributed by atoms with Gasteiger partial charge in [0.1, 0.15) is 10.5 Å². The number of hydrogen-bond acceptors (Lipinski definition) is 3. The molecule has 0 spiro atoms. The molecule has 0 amide bonds. The van der Waals surface area contributed by atoms with Gasteiger partial charge < -0.3 is 4.98 Å². The minimum Gasteiger partial charge on any atom is -0.342 e. The number of rotatable bonds is 3. The number of halogens is 1. The minimum atomic E-state index is 0.562. The fourth-order valence-corrected chi connectivity index (χ4v) is 2.72. The van der Waals surface area contributed by atoms with E-state index in [1.807, 2.05) is 48.7 Å². The standard InChI is InChI=1S/C16H12BrN3S/c17-14-15(12-6-2-1-3-7-12)19-13(20-16(14)21)9-11-5-4-8-18-10-11/h1-8,10H,9H2,(H,19,20,21). The van der Waals surface area contributed by atoms with E-state index in [0.29, 0.717) is 11.1 Å². The lowest BCUT2D eigenvalue weighted by Crippen LogP contribution is -2.00. The van der Waals surface area contributed by atoms with E-state index < -0.39 is 0 Å². The highest BCUT2D eigenvalue weighted by molar-refractivity contribution is 9.10. The molecule has 21 heavy (non-hydrogen) atoms. The summed E-state index contributed by atoms with van der Waals surface area (Å²) in [5.41, 5.74) is 3.12. The molecule has 0 fully saturated rings. The van der Waals surface area contributed by atoms with Crippen molar-refractivity contribution in [3.05, 3.63) is 75.4 Å². The third kappa shape index (κ3) is 3.25. The minimum absolute atomic E-state index is 0.562. The maximum atomic E-state index is 5.35. The monoisotopic (exact) mass is 357 g/mol. The first-order chi connectivity index (χ1) is 10.2. The molecule has 0 radical (unpaired) electrons. The lowest BCUT2D eigenvalue weighted by atomic mass is 10.1. The zero-order valence-electron chi connectivity index (χ0n) is 11.1. The van der Waals surface area contributed by atoms with Crippen LogP contribution in [0.5, 0.6) is 0 Å². The Kier molecular flexibility index (Phi) is 4.22. The molecule has 1 N–H and O–H groups in total. The molecule has 2 aromatic heterocycles. The molecule has 2 heterocycles. The van der Waals surface area contributed by atoms with Crippen LogP contribution in [0.25, 0.3) is 11.3 Å². The predicted octanol–water partition coefficient (Wildman–Crippen LogP) is 4.55. The Hall–Kier alpha value is -1.85. The molecule has 0 saturated heterocycles. The summed E-state index contributed by atoms with van der Waals surface area (Å²) in [6.45, 7) is 0. The number of hydrogen-bond donors (Lipinski definition) is 1. The van der Waals surface area contributed by atoms with Gasteiger partial charge in [0, 0.05) is 18.8 Å². The molecule has 3 nitrogen and oxygen atoms in total. The highest BCUT2D eigenvalue weighted by Gasteiger charge is 2.09. The summed E-state index contributed by atoms with van der Waals surface area (Å²) in [5, 5.41) is 0. The van der Waals surface area contributed by atoms with Crippen molar-refractivity contribution in [1.82, 2.24) is 15.0 Å². The molecule has 0 bridgehead atoms. The van der Waals surface area contributed by atoms with Crippen molar-refractivity contribution in [3.63, 3.8) is 0 Å². The van der Waals surface area contributed by atoms with Gasteiger partial charge in [-0.1, -0.05) is 48.6 Å². The summed E-state index contributed by atoms with van der Waals surface area (Å²) in [7, 11) is 0. The Morgan fingerprint density at radius 1 is 1.10 bits per heavy atom. The van der Waals surface area contributed by atoms with Gasteiger partial charge in [0.05, 0.1) is 10.2 Å². The van der Waals surface area contributed by atoms with Gasteiger partial charge in [-0.25, -0.2) is 4.98 Å². The van der Waals surface area contributed by atoms with E-state index in [9.17, 15) is 0 Å². The highest BCUT2D eigenvalue weighted by atomic mass is 79.9. The van der Waals surface area contributed by atoms with Crippen LogP contribution >= 0.6 is 28.1 Å². The van der Waals surface area contributed by atoms with Gasteiger partial charge in [-0.15, -0.1) is 0 Å². The third-order valence-electron chi connectivity index (χ3n) is 3.07. The molecule has 0 aliphatic carbocycles. The average Bonchev–Trinajstić information content (AvgIpc) is 2.52. The van der Waals surface area contributed by atoms with Crippen LogP contribution in [0.15, 0.2) is 59.3 Å². The first kappa shape index (κ1) is 14.1. The van der Waals surface area contributed by atoms with Crippen LogP contribution in [0.3, 0.4) is 0 Å². The molecule has 0 unspecified atom stereocenters. The fraction of sp³-hybridized carbons (Fsp3) is 0.0625. The maximum Gasteiger partial charge on any atom is 0.144 e. The Morgan fingerprint density at radius 2 is 1.90 bits per heavy atom. The first-order valence-electron chi connectivity index (χ1n) is 6.47. The molecule has 5 heteroatoms. The topological polar surface area (TPSA) is 41.6 Å². The molecule has 0 atom stereocenters. The van der Waals surface area contributed by atoms with Crippen molar-refractivity contribution in [3.8, 4) is 11.3 Å². The number of nitrogens with zero attached hydrogens (tertiary/aromatic N) is 2. The smallest absolute Gasteiger partial charge is 0.144 e. The second kappa shape index (κ2) is 6.28. The largest absolute Gasteiger partial charge is 0.342 e. The molecule has 3 rings (SSSR count). The summed E-state index contributed by atoms with van der Waals surface area (Å²) in [4.78, 5) is 11.9. The van der Waals surface area contributed by atoms with E-state index in [4.69, 9.17) is 12.2 Å². The van der Waals surface area contributed by atoms with Crippen LogP contribution in [-0.4, -0.2) is 15.0 Å². The van der Waals surface area contributed by atoms with E-state index in [2.05, 4.69) is 30.9 Å². The Bertz CT molecular complexity index is 801. The molecule has 0 aliphatic heterocycles. The van der Waals surface area contributed by atoms with Gasteiger partial charge in [-0.05, 0) is 33.1 Å². The molecule has 104 valence electrons. The van der Waals surface area contributed by atoms with E-state index in [-0.39, 0.29) is 0 Å². The zero-order valence-corrected chi connectivity index (χ0v) is 13.5. The number of benzene rings is 1. The van der Waals surface area contributed by atoms with E-state index >= 15 is 0 Å². The number of H-pyrrole nitrogens is 1. The summed E-state index contributed by atoms with van der Waals surface area (Å²) in [6.07, 6.45) is 4.27. The summed E-state index contributed by atoms with van der Waals surface area (Å²) < 4.78 is 1.38. The summed E-state index contributed by atoms with van der Waals surface area (Å²) in [6, 6.07) is 14.0. The first-order valence-corrected chi connectivity index (χ1v) is 7.67. The maximum absolute atomic E-state index is 5.35. The Labute approximate surface area is 136 Å². The molecule has 3 aromatic rings. The molecule has 0 saturated carbocycles.